The molecule has 2 aromatic heterocycles. The fourth-order valence-electron chi connectivity index (χ4n) is 3.50. The third-order valence-corrected chi connectivity index (χ3v) is 5.29. The molecule has 0 bridgehead atoms. The minimum absolute atomic E-state index is 0.0754. The molecule has 30 heavy (non-hydrogen) atoms. The SMILES string of the molecule is CC(C)(C)c1ccc(-c2nc(NCCCN3CCOCC3)n3[nH]c(=O)nc3n2)cc1. The van der Waals surface area contributed by atoms with Crippen molar-refractivity contribution < 1.29 is 4.74 Å². The number of ether oxygens (including phenoxy) is 1. The van der Waals surface area contributed by atoms with Crippen molar-refractivity contribution in [2.45, 2.75) is 32.6 Å². The zero-order valence-corrected chi connectivity index (χ0v) is 17.8. The lowest BCUT2D eigenvalue weighted by Crippen LogP contribution is -2.37. The number of nitrogens with one attached hydrogen (secondary N) is 2. The molecule has 0 radical (unpaired) electrons. The van der Waals surface area contributed by atoms with Gasteiger partial charge in [-0.15, -0.1) is 0 Å². The average molecular weight is 412 g/mol. The summed E-state index contributed by atoms with van der Waals surface area (Å²) in [6.45, 7) is 11.8. The highest BCUT2D eigenvalue weighted by molar-refractivity contribution is 5.59. The van der Waals surface area contributed by atoms with Gasteiger partial charge in [0, 0.05) is 25.2 Å². The van der Waals surface area contributed by atoms with Gasteiger partial charge in [-0.25, -0.2) is 9.89 Å². The molecule has 0 amide bonds. The Kier molecular flexibility index (Phi) is 5.83. The van der Waals surface area contributed by atoms with Gasteiger partial charge < -0.3 is 10.1 Å². The lowest BCUT2D eigenvalue weighted by atomic mass is 9.87. The number of H-pyrrole nitrogens is 1. The van der Waals surface area contributed by atoms with Gasteiger partial charge in [-0.05, 0) is 23.9 Å². The second-order valence-electron chi connectivity index (χ2n) is 8.60. The number of hydrogen-bond acceptors (Lipinski definition) is 7. The van der Waals surface area contributed by atoms with Gasteiger partial charge >= 0.3 is 5.69 Å². The molecule has 1 saturated heterocycles. The lowest BCUT2D eigenvalue weighted by molar-refractivity contribution is 0.0378. The maximum absolute atomic E-state index is 11.8. The van der Waals surface area contributed by atoms with Crippen LogP contribution in [0.25, 0.3) is 17.2 Å². The zero-order chi connectivity index (χ0) is 21.1. The summed E-state index contributed by atoms with van der Waals surface area (Å²) in [5.41, 5.74) is 1.76. The van der Waals surface area contributed by atoms with E-state index in [2.05, 4.69) is 63.2 Å². The van der Waals surface area contributed by atoms with Crippen LogP contribution in [0, 0.1) is 0 Å². The third kappa shape index (κ3) is 4.68. The number of benzene rings is 1. The Morgan fingerprint density at radius 2 is 1.83 bits per heavy atom. The predicted molar refractivity (Wildman–Crippen MR) is 116 cm³/mol. The zero-order valence-electron chi connectivity index (χ0n) is 17.8. The molecule has 4 rings (SSSR count). The molecule has 3 aromatic rings. The second kappa shape index (κ2) is 8.53. The number of aromatic amines is 1. The first-order valence-corrected chi connectivity index (χ1v) is 10.4. The number of rotatable bonds is 6. The number of aromatic nitrogens is 5. The standard InChI is InChI=1S/C21H29N7O2/c1-21(2,3)16-7-5-15(6-8-16)17-23-18(28-19(24-17)25-20(29)26-28)22-9-4-10-27-11-13-30-14-12-27/h5-8H,4,9-14H2,1-3H3,(H2,22,23,24,25,26,29). The van der Waals surface area contributed by atoms with Gasteiger partial charge in [0.1, 0.15) is 0 Å². The number of anilines is 1. The highest BCUT2D eigenvalue weighted by Gasteiger charge is 2.16. The van der Waals surface area contributed by atoms with Crippen LogP contribution < -0.4 is 11.0 Å². The maximum atomic E-state index is 11.8. The summed E-state index contributed by atoms with van der Waals surface area (Å²) in [5, 5.41) is 5.99. The first kappa shape index (κ1) is 20.5. The second-order valence-corrected chi connectivity index (χ2v) is 8.60. The van der Waals surface area contributed by atoms with Crippen LogP contribution in [0.1, 0.15) is 32.8 Å². The Morgan fingerprint density at radius 1 is 1.10 bits per heavy atom. The Bertz CT molecular complexity index is 1040. The monoisotopic (exact) mass is 411 g/mol. The molecule has 0 saturated carbocycles. The summed E-state index contributed by atoms with van der Waals surface area (Å²) in [5.74, 6) is 1.38. The average Bonchev–Trinajstić information content (AvgIpc) is 3.11. The van der Waals surface area contributed by atoms with Crippen LogP contribution in [-0.4, -0.2) is 68.9 Å². The molecule has 0 atom stereocenters. The maximum Gasteiger partial charge on any atom is 0.363 e. The van der Waals surface area contributed by atoms with Crippen LogP contribution in [-0.2, 0) is 10.2 Å². The summed E-state index contributed by atoms with van der Waals surface area (Å²) in [6, 6.07) is 8.21. The van der Waals surface area contributed by atoms with E-state index in [1.165, 1.54) is 10.1 Å². The van der Waals surface area contributed by atoms with Gasteiger partial charge in [0.15, 0.2) is 5.82 Å². The third-order valence-electron chi connectivity index (χ3n) is 5.29. The lowest BCUT2D eigenvalue weighted by Gasteiger charge is -2.26. The van der Waals surface area contributed by atoms with Crippen molar-refractivity contribution in [1.29, 1.82) is 0 Å². The summed E-state index contributed by atoms with van der Waals surface area (Å²) in [4.78, 5) is 27.3. The smallest absolute Gasteiger partial charge is 0.363 e. The fourth-order valence-corrected chi connectivity index (χ4v) is 3.50. The van der Waals surface area contributed by atoms with Gasteiger partial charge in [0.05, 0.1) is 13.2 Å². The summed E-state index contributed by atoms with van der Waals surface area (Å²) in [6.07, 6.45) is 0.958. The minimum Gasteiger partial charge on any atom is -0.379 e. The van der Waals surface area contributed by atoms with E-state index in [1.54, 1.807) is 0 Å². The fraction of sp³-hybridized carbons (Fsp3) is 0.524. The van der Waals surface area contributed by atoms with E-state index in [0.29, 0.717) is 17.6 Å². The van der Waals surface area contributed by atoms with E-state index < -0.39 is 5.69 Å². The first-order chi connectivity index (χ1) is 14.4. The number of hydrogen-bond donors (Lipinski definition) is 2. The molecule has 160 valence electrons. The first-order valence-electron chi connectivity index (χ1n) is 10.4. The molecule has 1 aliphatic rings. The Hall–Kier alpha value is -2.78. The predicted octanol–water partition coefficient (Wildman–Crippen LogP) is 1.91. The summed E-state index contributed by atoms with van der Waals surface area (Å²) in [7, 11) is 0. The van der Waals surface area contributed by atoms with Crippen LogP contribution in [0.4, 0.5) is 5.95 Å². The Labute approximate surface area is 175 Å². The topological polar surface area (TPSA) is 100 Å². The van der Waals surface area contributed by atoms with Gasteiger partial charge in [-0.2, -0.15) is 19.5 Å². The van der Waals surface area contributed by atoms with Crippen molar-refractivity contribution >= 4 is 11.7 Å². The molecule has 9 nitrogen and oxygen atoms in total. The normalized spacial score (nSPS) is 15.6. The van der Waals surface area contributed by atoms with Gasteiger partial charge in [0.25, 0.3) is 5.78 Å². The Morgan fingerprint density at radius 3 is 2.53 bits per heavy atom. The quantitative estimate of drug-likeness (QED) is 0.598. The van der Waals surface area contributed by atoms with E-state index in [0.717, 1.165) is 51.4 Å². The molecule has 1 aromatic carbocycles. The van der Waals surface area contributed by atoms with Crippen molar-refractivity contribution in [3.63, 3.8) is 0 Å². The van der Waals surface area contributed by atoms with Crippen LogP contribution >= 0.6 is 0 Å². The van der Waals surface area contributed by atoms with Crippen LogP contribution in [0.15, 0.2) is 29.1 Å². The molecule has 3 heterocycles. The number of fused-ring (bicyclic) bond motifs is 1. The van der Waals surface area contributed by atoms with Crippen LogP contribution in [0.5, 0.6) is 0 Å². The molecular weight excluding hydrogens is 382 g/mol. The van der Waals surface area contributed by atoms with E-state index in [1.807, 2.05) is 12.1 Å². The molecule has 0 unspecified atom stereocenters. The highest BCUT2D eigenvalue weighted by Crippen LogP contribution is 2.25. The van der Waals surface area contributed by atoms with E-state index >= 15 is 0 Å². The van der Waals surface area contributed by atoms with Gasteiger partial charge in [0.2, 0.25) is 5.95 Å². The molecular formula is C21H29N7O2. The van der Waals surface area contributed by atoms with Crippen molar-refractivity contribution in [1.82, 2.24) is 29.5 Å². The molecule has 9 heteroatoms. The van der Waals surface area contributed by atoms with E-state index in [9.17, 15) is 4.79 Å². The highest BCUT2D eigenvalue weighted by atomic mass is 16.5. The number of nitrogens with zero attached hydrogens (tertiary/aromatic N) is 5. The van der Waals surface area contributed by atoms with Crippen LogP contribution in [0.3, 0.4) is 0 Å². The van der Waals surface area contributed by atoms with Crippen molar-refractivity contribution in [3.8, 4) is 11.4 Å². The molecule has 1 aliphatic heterocycles. The van der Waals surface area contributed by atoms with Crippen molar-refractivity contribution in [2.75, 3.05) is 44.7 Å². The van der Waals surface area contributed by atoms with Gasteiger partial charge in [-0.1, -0.05) is 45.0 Å². The van der Waals surface area contributed by atoms with E-state index in [-0.39, 0.29) is 5.41 Å². The number of morpholine rings is 1. The largest absolute Gasteiger partial charge is 0.379 e. The molecule has 2 N–H and O–H groups in total. The van der Waals surface area contributed by atoms with Crippen LogP contribution in [0.2, 0.25) is 0 Å². The minimum atomic E-state index is -0.444. The molecule has 0 spiro atoms. The van der Waals surface area contributed by atoms with Crippen molar-refractivity contribution in [3.05, 3.63) is 40.3 Å². The van der Waals surface area contributed by atoms with Crippen molar-refractivity contribution in [2.24, 2.45) is 0 Å². The van der Waals surface area contributed by atoms with E-state index in [4.69, 9.17) is 4.74 Å². The molecule has 1 fully saturated rings. The van der Waals surface area contributed by atoms with Gasteiger partial charge in [-0.3, -0.25) is 4.90 Å². The molecule has 0 aliphatic carbocycles. The Balaban J connectivity index is 1.52. The summed E-state index contributed by atoms with van der Waals surface area (Å²) >= 11 is 0. The summed E-state index contributed by atoms with van der Waals surface area (Å²) < 4.78 is 6.89.